The molecule has 4 atom stereocenters. The van der Waals surface area contributed by atoms with Gasteiger partial charge in [0.25, 0.3) is 0 Å². The van der Waals surface area contributed by atoms with Crippen molar-refractivity contribution in [3.63, 3.8) is 0 Å². The fraction of sp³-hybridized carbons (Fsp3) is 0.714. The van der Waals surface area contributed by atoms with Crippen molar-refractivity contribution in [2.24, 2.45) is 11.8 Å². The minimum atomic E-state index is -0.919. The monoisotopic (exact) mass is 366 g/mol. The smallest absolute Gasteiger partial charge is 0.303 e. The number of carbonyl (C=O) groups excluding carboxylic acids is 1. The van der Waals surface area contributed by atoms with E-state index >= 15 is 0 Å². The molecule has 0 heterocycles. The highest BCUT2D eigenvalue weighted by atomic mass is 16.4. The predicted octanol–water partition coefficient (Wildman–Crippen LogP) is 3.64. The second kappa shape index (κ2) is 11.3. The van der Waals surface area contributed by atoms with E-state index in [2.05, 4.69) is 6.92 Å². The molecule has 1 rings (SSSR count). The number of unbranched alkanes of at least 4 members (excludes halogenated alkanes) is 3. The molecule has 0 amide bonds. The van der Waals surface area contributed by atoms with E-state index in [1.165, 1.54) is 0 Å². The SMILES string of the molecule is CCCCCC(C)(O)/C=C/[C@H]1[C@H](O)CC(=O)[C@@H]1C/C=C\CCCC(=O)O. The number of Topliss-reactive ketones (excluding diaryl/α,β-unsaturated/α-hetero) is 1. The van der Waals surface area contributed by atoms with Crippen LogP contribution in [0.2, 0.25) is 0 Å². The Morgan fingerprint density at radius 1 is 1.27 bits per heavy atom. The van der Waals surface area contributed by atoms with Crippen LogP contribution in [0.5, 0.6) is 0 Å². The Morgan fingerprint density at radius 2 is 2.00 bits per heavy atom. The number of aliphatic hydroxyl groups excluding tert-OH is 1. The minimum Gasteiger partial charge on any atom is -0.481 e. The topological polar surface area (TPSA) is 94.8 Å². The molecule has 1 unspecified atom stereocenters. The van der Waals surface area contributed by atoms with Crippen LogP contribution in [0.1, 0.15) is 71.6 Å². The van der Waals surface area contributed by atoms with Crippen LogP contribution >= 0.6 is 0 Å². The second-order valence-corrected chi connectivity index (χ2v) is 7.59. The van der Waals surface area contributed by atoms with Gasteiger partial charge in [-0.2, -0.15) is 0 Å². The van der Waals surface area contributed by atoms with Crippen LogP contribution in [0.4, 0.5) is 0 Å². The van der Waals surface area contributed by atoms with E-state index < -0.39 is 17.7 Å². The number of hydrogen-bond donors (Lipinski definition) is 3. The largest absolute Gasteiger partial charge is 0.481 e. The van der Waals surface area contributed by atoms with Crippen molar-refractivity contribution in [3.05, 3.63) is 24.3 Å². The standard InChI is InChI=1S/C21H34O5/c1-3-4-9-13-21(2,26)14-12-17-16(18(22)15-19(17)23)10-7-5-6-8-11-20(24)25/h5,7,12,14,16-17,19,23,26H,3-4,6,8-11,13,15H2,1-2H3,(H,24,25)/b7-5-,14-12+/t16-,17-,19-,21?/m1/s1. The molecule has 1 aliphatic rings. The fourth-order valence-electron chi connectivity index (χ4n) is 3.39. The third kappa shape index (κ3) is 8.28. The third-order valence-corrected chi connectivity index (χ3v) is 5.01. The summed E-state index contributed by atoms with van der Waals surface area (Å²) in [7, 11) is 0. The Kier molecular flexibility index (Phi) is 9.81. The van der Waals surface area contributed by atoms with Crippen molar-refractivity contribution in [1.82, 2.24) is 0 Å². The average Bonchev–Trinajstić information content (AvgIpc) is 2.82. The van der Waals surface area contributed by atoms with Crippen LogP contribution in [0.25, 0.3) is 0 Å². The Morgan fingerprint density at radius 3 is 2.65 bits per heavy atom. The molecule has 0 aromatic carbocycles. The van der Waals surface area contributed by atoms with Crippen LogP contribution < -0.4 is 0 Å². The average molecular weight is 366 g/mol. The molecule has 3 N–H and O–H groups in total. The Balaban J connectivity index is 2.58. The van der Waals surface area contributed by atoms with E-state index in [-0.39, 0.29) is 30.5 Å². The van der Waals surface area contributed by atoms with Gasteiger partial charge in [-0.1, -0.05) is 50.5 Å². The van der Waals surface area contributed by atoms with Crippen molar-refractivity contribution in [2.45, 2.75) is 83.3 Å². The first-order valence-electron chi connectivity index (χ1n) is 9.76. The minimum absolute atomic E-state index is 0.0490. The van der Waals surface area contributed by atoms with Crippen LogP contribution in [-0.2, 0) is 9.59 Å². The first kappa shape index (κ1) is 22.6. The quantitative estimate of drug-likeness (QED) is 0.362. The van der Waals surface area contributed by atoms with Gasteiger partial charge in [0.2, 0.25) is 0 Å². The van der Waals surface area contributed by atoms with Gasteiger partial charge >= 0.3 is 5.97 Å². The van der Waals surface area contributed by atoms with Crippen molar-refractivity contribution < 1.29 is 24.9 Å². The van der Waals surface area contributed by atoms with Crippen LogP contribution in [0.15, 0.2) is 24.3 Å². The van der Waals surface area contributed by atoms with Gasteiger partial charge < -0.3 is 15.3 Å². The number of allylic oxidation sites excluding steroid dienone is 2. The zero-order chi connectivity index (χ0) is 19.6. The maximum atomic E-state index is 12.2. The number of aliphatic hydroxyl groups is 2. The van der Waals surface area contributed by atoms with Gasteiger partial charge in [-0.3, -0.25) is 9.59 Å². The molecule has 5 nitrogen and oxygen atoms in total. The lowest BCUT2D eigenvalue weighted by atomic mass is 9.88. The normalized spacial score (nSPS) is 26.0. The lowest BCUT2D eigenvalue weighted by molar-refractivity contribution is -0.137. The summed E-state index contributed by atoms with van der Waals surface area (Å²) in [6.45, 7) is 3.88. The maximum absolute atomic E-state index is 12.2. The van der Waals surface area contributed by atoms with Crippen molar-refractivity contribution in [2.75, 3.05) is 0 Å². The highest BCUT2D eigenvalue weighted by Crippen LogP contribution is 2.34. The lowest BCUT2D eigenvalue weighted by Gasteiger charge is -2.21. The van der Waals surface area contributed by atoms with Gasteiger partial charge in [-0.15, -0.1) is 0 Å². The van der Waals surface area contributed by atoms with E-state index in [0.29, 0.717) is 25.7 Å². The summed E-state index contributed by atoms with van der Waals surface area (Å²) in [5.41, 5.74) is -0.919. The number of rotatable bonds is 12. The number of carboxylic acids is 1. The molecule has 26 heavy (non-hydrogen) atoms. The zero-order valence-electron chi connectivity index (χ0n) is 16.1. The summed E-state index contributed by atoms with van der Waals surface area (Å²) in [5.74, 6) is -1.30. The number of carbonyl (C=O) groups is 2. The van der Waals surface area contributed by atoms with Gasteiger partial charge in [0.1, 0.15) is 5.78 Å². The summed E-state index contributed by atoms with van der Waals surface area (Å²) in [6.07, 6.45) is 12.5. The van der Waals surface area contributed by atoms with Crippen molar-refractivity contribution in [3.8, 4) is 0 Å². The third-order valence-electron chi connectivity index (χ3n) is 5.01. The number of hydrogen-bond acceptors (Lipinski definition) is 4. The van der Waals surface area contributed by atoms with Crippen LogP contribution in [0.3, 0.4) is 0 Å². The molecular weight excluding hydrogens is 332 g/mol. The van der Waals surface area contributed by atoms with Gasteiger partial charge in [-0.05, 0) is 32.6 Å². The summed E-state index contributed by atoms with van der Waals surface area (Å²) in [5, 5.41) is 29.3. The molecule has 1 saturated carbocycles. The zero-order valence-corrected chi connectivity index (χ0v) is 16.1. The summed E-state index contributed by atoms with van der Waals surface area (Å²) in [4.78, 5) is 22.6. The van der Waals surface area contributed by atoms with Crippen LogP contribution in [0, 0.1) is 11.8 Å². The number of aliphatic carboxylic acids is 1. The van der Waals surface area contributed by atoms with Gasteiger partial charge in [0.15, 0.2) is 0 Å². The summed E-state index contributed by atoms with van der Waals surface area (Å²) >= 11 is 0. The Hall–Kier alpha value is -1.46. The van der Waals surface area contributed by atoms with Gasteiger partial charge in [0, 0.05) is 24.7 Å². The van der Waals surface area contributed by atoms with E-state index in [1.807, 2.05) is 18.2 Å². The fourth-order valence-corrected chi connectivity index (χ4v) is 3.39. The molecule has 0 aromatic rings. The Bertz CT molecular complexity index is 507. The molecule has 1 fully saturated rings. The van der Waals surface area contributed by atoms with E-state index in [9.17, 15) is 19.8 Å². The second-order valence-electron chi connectivity index (χ2n) is 7.59. The molecule has 1 aliphatic carbocycles. The first-order valence-corrected chi connectivity index (χ1v) is 9.76. The van der Waals surface area contributed by atoms with Crippen molar-refractivity contribution >= 4 is 11.8 Å². The molecule has 148 valence electrons. The summed E-state index contributed by atoms with van der Waals surface area (Å²) in [6, 6.07) is 0. The van der Waals surface area contributed by atoms with E-state index in [1.54, 1.807) is 13.0 Å². The van der Waals surface area contributed by atoms with Gasteiger partial charge in [-0.25, -0.2) is 0 Å². The molecule has 0 saturated heterocycles. The van der Waals surface area contributed by atoms with E-state index in [4.69, 9.17) is 5.11 Å². The molecule has 0 aliphatic heterocycles. The lowest BCUT2D eigenvalue weighted by Crippen LogP contribution is -2.23. The predicted molar refractivity (Wildman–Crippen MR) is 102 cm³/mol. The molecule has 0 radical (unpaired) electrons. The summed E-state index contributed by atoms with van der Waals surface area (Å²) < 4.78 is 0. The van der Waals surface area contributed by atoms with Gasteiger partial charge in [0.05, 0.1) is 11.7 Å². The number of carboxylic acid groups (broad SMARTS) is 1. The molecule has 0 spiro atoms. The van der Waals surface area contributed by atoms with Crippen molar-refractivity contribution in [1.29, 1.82) is 0 Å². The molecule has 0 aromatic heterocycles. The molecular formula is C21H34O5. The number of ketones is 1. The molecule has 5 heteroatoms. The highest BCUT2D eigenvalue weighted by Gasteiger charge is 2.39. The van der Waals surface area contributed by atoms with E-state index in [0.717, 1.165) is 19.3 Å². The van der Waals surface area contributed by atoms with Crippen LogP contribution in [-0.4, -0.2) is 38.8 Å². The molecule has 0 bridgehead atoms. The maximum Gasteiger partial charge on any atom is 0.303 e. The first-order chi connectivity index (χ1) is 12.3. The Labute approximate surface area is 156 Å². The highest BCUT2D eigenvalue weighted by molar-refractivity contribution is 5.84.